The Hall–Kier alpha value is -3.09. The van der Waals surface area contributed by atoms with Crippen LogP contribution in [0.2, 0.25) is 0 Å². The van der Waals surface area contributed by atoms with Crippen LogP contribution in [-0.2, 0) is 0 Å². The third-order valence-corrected chi connectivity index (χ3v) is 4.32. The molecule has 7 nitrogen and oxygen atoms in total. The van der Waals surface area contributed by atoms with Gasteiger partial charge in [0.2, 0.25) is 0 Å². The summed E-state index contributed by atoms with van der Waals surface area (Å²) >= 11 is 0. The van der Waals surface area contributed by atoms with Crippen LogP contribution in [0.15, 0.2) is 36.7 Å². The molecule has 2 heterocycles. The van der Waals surface area contributed by atoms with Gasteiger partial charge in [-0.25, -0.2) is 9.50 Å². The number of aromatic nitrogens is 3. The van der Waals surface area contributed by atoms with E-state index in [1.807, 2.05) is 38.1 Å². The largest absolute Gasteiger partial charge is 0.493 e. The van der Waals surface area contributed by atoms with E-state index in [1.165, 1.54) is 0 Å². The van der Waals surface area contributed by atoms with Crippen molar-refractivity contribution in [3.8, 4) is 22.8 Å². The molecule has 0 aliphatic carbocycles. The number of methoxy groups -OCH3 is 2. The lowest BCUT2D eigenvalue weighted by atomic mass is 10.1. The Labute approximate surface area is 152 Å². The number of hydrogen-bond donors (Lipinski definition) is 1. The molecular formula is C19H22N4O3. The number of ether oxygens (including phenoxy) is 2. The van der Waals surface area contributed by atoms with Gasteiger partial charge in [-0.1, -0.05) is 6.92 Å². The van der Waals surface area contributed by atoms with Crippen LogP contribution in [0.3, 0.4) is 0 Å². The summed E-state index contributed by atoms with van der Waals surface area (Å²) in [6.07, 6.45) is 4.07. The third-order valence-electron chi connectivity index (χ3n) is 4.32. The van der Waals surface area contributed by atoms with Gasteiger partial charge in [0.15, 0.2) is 17.1 Å². The van der Waals surface area contributed by atoms with Crippen molar-refractivity contribution in [1.82, 2.24) is 19.9 Å². The minimum atomic E-state index is -0.175. The van der Waals surface area contributed by atoms with E-state index < -0.39 is 0 Å². The fourth-order valence-electron chi connectivity index (χ4n) is 2.67. The average molecular weight is 354 g/mol. The molecule has 0 radical (unpaired) electrons. The number of carbonyl (C=O) groups is 1. The van der Waals surface area contributed by atoms with E-state index in [1.54, 1.807) is 31.1 Å². The molecule has 0 saturated heterocycles. The Morgan fingerprint density at radius 3 is 2.69 bits per heavy atom. The molecule has 136 valence electrons. The maximum atomic E-state index is 12.5. The highest BCUT2D eigenvalue weighted by molar-refractivity contribution is 6.00. The SMILES string of the molecule is CCC(C)NC(=O)c1cnn2c(-c3ccc(OC)c(OC)c3)ccnc12. The van der Waals surface area contributed by atoms with Crippen molar-refractivity contribution < 1.29 is 14.3 Å². The first-order valence-corrected chi connectivity index (χ1v) is 8.45. The number of hydrogen-bond acceptors (Lipinski definition) is 5. The van der Waals surface area contributed by atoms with E-state index in [4.69, 9.17) is 9.47 Å². The molecule has 1 amide bonds. The van der Waals surface area contributed by atoms with E-state index in [0.717, 1.165) is 17.7 Å². The molecule has 1 unspecified atom stereocenters. The molecule has 7 heteroatoms. The van der Waals surface area contributed by atoms with Crippen molar-refractivity contribution in [2.45, 2.75) is 26.3 Å². The molecule has 0 saturated carbocycles. The summed E-state index contributed by atoms with van der Waals surface area (Å²) in [5.74, 6) is 1.10. The fourth-order valence-corrected chi connectivity index (χ4v) is 2.67. The number of nitrogens with zero attached hydrogens (tertiary/aromatic N) is 3. The van der Waals surface area contributed by atoms with Crippen LogP contribution in [0.25, 0.3) is 16.9 Å². The van der Waals surface area contributed by atoms with Crippen LogP contribution in [-0.4, -0.2) is 40.8 Å². The van der Waals surface area contributed by atoms with Gasteiger partial charge in [-0.2, -0.15) is 5.10 Å². The van der Waals surface area contributed by atoms with Crippen LogP contribution < -0.4 is 14.8 Å². The van der Waals surface area contributed by atoms with Crippen LogP contribution in [0.5, 0.6) is 11.5 Å². The smallest absolute Gasteiger partial charge is 0.256 e. The molecule has 3 aromatic rings. The van der Waals surface area contributed by atoms with Gasteiger partial charge in [-0.3, -0.25) is 4.79 Å². The van der Waals surface area contributed by atoms with Crippen molar-refractivity contribution in [3.63, 3.8) is 0 Å². The molecule has 0 fully saturated rings. The number of amides is 1. The summed E-state index contributed by atoms with van der Waals surface area (Å²) in [6.45, 7) is 3.99. The predicted molar refractivity (Wildman–Crippen MR) is 98.7 cm³/mol. The second kappa shape index (κ2) is 7.43. The van der Waals surface area contributed by atoms with Crippen LogP contribution in [0.1, 0.15) is 30.6 Å². The Bertz CT molecular complexity index is 936. The first-order valence-electron chi connectivity index (χ1n) is 8.45. The first-order chi connectivity index (χ1) is 12.6. The standard InChI is InChI=1S/C19H22N4O3/c1-5-12(2)22-19(24)14-11-21-23-15(8-9-20-18(14)23)13-6-7-16(25-3)17(10-13)26-4/h6-12H,5H2,1-4H3,(H,22,24). The highest BCUT2D eigenvalue weighted by Crippen LogP contribution is 2.32. The molecule has 1 atom stereocenters. The van der Waals surface area contributed by atoms with Crippen LogP contribution >= 0.6 is 0 Å². The summed E-state index contributed by atoms with van der Waals surface area (Å²) in [7, 11) is 3.19. The van der Waals surface area contributed by atoms with Gasteiger partial charge in [-0.05, 0) is 37.6 Å². The third kappa shape index (κ3) is 3.20. The zero-order valence-corrected chi connectivity index (χ0v) is 15.3. The van der Waals surface area contributed by atoms with Crippen molar-refractivity contribution in [2.75, 3.05) is 14.2 Å². The molecule has 26 heavy (non-hydrogen) atoms. The molecule has 2 aromatic heterocycles. The van der Waals surface area contributed by atoms with Gasteiger partial charge >= 0.3 is 0 Å². The average Bonchev–Trinajstić information content (AvgIpc) is 3.11. The van der Waals surface area contributed by atoms with Gasteiger partial charge in [0.05, 0.1) is 26.1 Å². The van der Waals surface area contributed by atoms with E-state index in [-0.39, 0.29) is 11.9 Å². The van der Waals surface area contributed by atoms with Crippen molar-refractivity contribution in [1.29, 1.82) is 0 Å². The summed E-state index contributed by atoms with van der Waals surface area (Å²) in [5, 5.41) is 7.32. The van der Waals surface area contributed by atoms with Gasteiger partial charge in [0.25, 0.3) is 5.91 Å². The first kappa shape index (κ1) is 17.7. The fraction of sp³-hybridized carbons (Fsp3) is 0.316. The highest BCUT2D eigenvalue weighted by Gasteiger charge is 2.18. The monoisotopic (exact) mass is 354 g/mol. The Morgan fingerprint density at radius 1 is 1.23 bits per heavy atom. The topological polar surface area (TPSA) is 77.8 Å². The lowest BCUT2D eigenvalue weighted by Crippen LogP contribution is -2.31. The molecular weight excluding hydrogens is 332 g/mol. The van der Waals surface area contributed by atoms with Crippen molar-refractivity contribution >= 4 is 11.6 Å². The number of nitrogens with one attached hydrogen (secondary N) is 1. The molecule has 1 aromatic carbocycles. The molecule has 0 aliphatic heterocycles. The van der Waals surface area contributed by atoms with Gasteiger partial charge in [0.1, 0.15) is 5.56 Å². The molecule has 0 aliphatic rings. The second-order valence-corrected chi connectivity index (χ2v) is 5.98. The van der Waals surface area contributed by atoms with E-state index in [0.29, 0.717) is 22.7 Å². The van der Waals surface area contributed by atoms with Gasteiger partial charge in [0, 0.05) is 17.8 Å². The second-order valence-electron chi connectivity index (χ2n) is 5.98. The minimum absolute atomic E-state index is 0.0893. The van der Waals surface area contributed by atoms with Crippen molar-refractivity contribution in [3.05, 3.63) is 42.2 Å². The van der Waals surface area contributed by atoms with E-state index in [2.05, 4.69) is 15.4 Å². The molecule has 1 N–H and O–H groups in total. The number of fused-ring (bicyclic) bond motifs is 1. The summed E-state index contributed by atoms with van der Waals surface area (Å²) < 4.78 is 12.3. The maximum Gasteiger partial charge on any atom is 0.256 e. The lowest BCUT2D eigenvalue weighted by Gasteiger charge is -2.11. The van der Waals surface area contributed by atoms with Gasteiger partial charge in [-0.15, -0.1) is 0 Å². The van der Waals surface area contributed by atoms with Crippen molar-refractivity contribution in [2.24, 2.45) is 0 Å². The Kier molecular flexibility index (Phi) is 5.06. The maximum absolute atomic E-state index is 12.5. The zero-order chi connectivity index (χ0) is 18.7. The quantitative estimate of drug-likeness (QED) is 0.736. The molecule has 3 rings (SSSR count). The number of carbonyl (C=O) groups excluding carboxylic acids is 1. The summed E-state index contributed by atoms with van der Waals surface area (Å²) in [6, 6.07) is 7.55. The summed E-state index contributed by atoms with van der Waals surface area (Å²) in [5.41, 5.74) is 2.65. The van der Waals surface area contributed by atoms with Gasteiger partial charge < -0.3 is 14.8 Å². The van der Waals surface area contributed by atoms with Crippen LogP contribution in [0, 0.1) is 0 Å². The zero-order valence-electron chi connectivity index (χ0n) is 15.3. The number of rotatable bonds is 6. The van der Waals surface area contributed by atoms with Crippen LogP contribution in [0.4, 0.5) is 0 Å². The predicted octanol–water partition coefficient (Wildman–Crippen LogP) is 2.94. The van der Waals surface area contributed by atoms with E-state index >= 15 is 0 Å². The summed E-state index contributed by atoms with van der Waals surface area (Å²) in [4.78, 5) is 16.8. The normalized spacial score (nSPS) is 12.0. The minimum Gasteiger partial charge on any atom is -0.493 e. The Morgan fingerprint density at radius 2 is 2.00 bits per heavy atom. The molecule has 0 bridgehead atoms. The van der Waals surface area contributed by atoms with E-state index in [9.17, 15) is 4.79 Å². The highest BCUT2D eigenvalue weighted by atomic mass is 16.5. The number of benzene rings is 1. The lowest BCUT2D eigenvalue weighted by molar-refractivity contribution is 0.0940. The Balaban J connectivity index is 2.05. The molecule has 0 spiro atoms.